The van der Waals surface area contributed by atoms with Gasteiger partial charge in [-0.2, -0.15) is 0 Å². The Labute approximate surface area is 248 Å². The highest BCUT2D eigenvalue weighted by Crippen LogP contribution is 2.32. The van der Waals surface area contributed by atoms with Crippen LogP contribution in [0.2, 0.25) is 0 Å². The number of anilines is 2. The number of benzene rings is 5. The Hall–Kier alpha value is -5.33. The van der Waals surface area contributed by atoms with Gasteiger partial charge in [0.15, 0.2) is 5.11 Å². The predicted molar refractivity (Wildman–Crippen MR) is 173 cm³/mol. The first-order valence-electron chi connectivity index (χ1n) is 13.7. The number of hydrogen-bond acceptors (Lipinski definition) is 3. The zero-order chi connectivity index (χ0) is 28.6. The van der Waals surface area contributed by atoms with E-state index in [1.165, 1.54) is 20.6 Å². The minimum atomic E-state index is -0.449. The number of aromatic nitrogens is 1. The molecule has 7 rings (SSSR count). The monoisotopic (exact) mass is 563 g/mol. The second-order valence-electron chi connectivity index (χ2n) is 10.2. The van der Waals surface area contributed by atoms with Crippen molar-refractivity contribution in [3.05, 3.63) is 150 Å². The first-order chi connectivity index (χ1) is 20.6. The highest BCUT2D eigenvalue weighted by molar-refractivity contribution is 7.81. The van der Waals surface area contributed by atoms with Crippen molar-refractivity contribution in [3.8, 4) is 0 Å². The predicted octanol–water partition coefficient (Wildman–Crippen LogP) is 7.59. The summed E-state index contributed by atoms with van der Waals surface area (Å²) in [5.41, 5.74) is 4.22. The zero-order valence-corrected chi connectivity index (χ0v) is 23.4. The van der Waals surface area contributed by atoms with Crippen LogP contribution >= 0.6 is 12.2 Å². The summed E-state index contributed by atoms with van der Waals surface area (Å²) in [7, 11) is 0. The molecule has 1 aliphatic rings. The molecule has 1 saturated heterocycles. The molecule has 6 heteroatoms. The minimum Gasteiger partial charge on any atom is -0.342 e. The molecule has 0 spiro atoms. The summed E-state index contributed by atoms with van der Waals surface area (Å²) in [6.45, 7) is 0.646. The third kappa shape index (κ3) is 4.48. The Morgan fingerprint density at radius 1 is 0.619 bits per heavy atom. The van der Waals surface area contributed by atoms with Crippen LogP contribution in [0, 0.1) is 0 Å². The second-order valence-corrected chi connectivity index (χ2v) is 10.6. The molecule has 5 aromatic carbocycles. The molecule has 0 aliphatic carbocycles. The molecule has 0 N–H and O–H groups in total. The number of hydrogen-bond donors (Lipinski definition) is 0. The van der Waals surface area contributed by atoms with E-state index in [1.807, 2.05) is 97.2 Å². The zero-order valence-electron chi connectivity index (χ0n) is 22.6. The van der Waals surface area contributed by atoms with Gasteiger partial charge in [0.2, 0.25) is 0 Å². The van der Waals surface area contributed by atoms with E-state index in [2.05, 4.69) is 41.0 Å². The lowest BCUT2D eigenvalue weighted by molar-refractivity contribution is -0.120. The van der Waals surface area contributed by atoms with Gasteiger partial charge >= 0.3 is 0 Å². The Balaban J connectivity index is 1.34. The van der Waals surface area contributed by atoms with Crippen LogP contribution in [0.25, 0.3) is 27.8 Å². The fraction of sp³-hybridized carbons (Fsp3) is 0.0278. The van der Waals surface area contributed by atoms with Gasteiger partial charge in [-0.3, -0.25) is 19.4 Å². The molecule has 1 aromatic heterocycles. The van der Waals surface area contributed by atoms with Crippen molar-refractivity contribution in [1.82, 2.24) is 4.57 Å². The number of carbonyl (C=O) groups is 2. The number of carbonyl (C=O) groups excluding carboxylic acids is 2. The summed E-state index contributed by atoms with van der Waals surface area (Å²) in [6.07, 6.45) is 3.72. The number of amides is 2. The van der Waals surface area contributed by atoms with Crippen LogP contribution in [0.5, 0.6) is 0 Å². The van der Waals surface area contributed by atoms with Gasteiger partial charge in [0.05, 0.1) is 11.4 Å². The maximum absolute atomic E-state index is 14.0. The van der Waals surface area contributed by atoms with E-state index in [-0.39, 0.29) is 10.7 Å². The van der Waals surface area contributed by atoms with E-state index in [1.54, 1.807) is 6.08 Å². The molecule has 2 heterocycles. The number of fused-ring (bicyclic) bond motifs is 2. The standard InChI is InChI=1S/C36H25N3O2S/c40-34-32(35(41)39(30-15-5-2-6-16-30)36(42)38(34)29-13-3-1-4-14-29)22-28-24-37(33-18-10-9-17-31(28)33)23-25-19-20-26-11-7-8-12-27(26)21-25/h1-22,24H,23H2. The fourth-order valence-electron chi connectivity index (χ4n) is 5.55. The third-order valence-corrected chi connectivity index (χ3v) is 7.93. The summed E-state index contributed by atoms with van der Waals surface area (Å²) in [4.78, 5) is 30.9. The van der Waals surface area contributed by atoms with Crippen LogP contribution in [0.3, 0.4) is 0 Å². The van der Waals surface area contributed by atoms with Crippen molar-refractivity contribution < 1.29 is 9.59 Å². The van der Waals surface area contributed by atoms with Gasteiger partial charge in [-0.05, 0) is 71.0 Å². The molecule has 1 aliphatic heterocycles. The number of para-hydroxylation sites is 3. The molecule has 0 saturated carbocycles. The molecule has 202 valence electrons. The van der Waals surface area contributed by atoms with E-state index in [9.17, 15) is 9.59 Å². The van der Waals surface area contributed by atoms with Crippen LogP contribution < -0.4 is 9.80 Å². The maximum atomic E-state index is 14.0. The van der Waals surface area contributed by atoms with Crippen molar-refractivity contribution in [2.45, 2.75) is 6.54 Å². The lowest BCUT2D eigenvalue weighted by Gasteiger charge is -2.36. The number of thiocarbonyl (C=S) groups is 1. The fourth-order valence-corrected chi connectivity index (χ4v) is 5.93. The van der Waals surface area contributed by atoms with Crippen molar-refractivity contribution >= 4 is 68.3 Å². The van der Waals surface area contributed by atoms with Gasteiger partial charge in [-0.1, -0.05) is 91.0 Å². The Kier molecular flexibility index (Phi) is 6.45. The van der Waals surface area contributed by atoms with Crippen LogP contribution in [0.15, 0.2) is 139 Å². The van der Waals surface area contributed by atoms with Gasteiger partial charge in [0.25, 0.3) is 11.8 Å². The van der Waals surface area contributed by atoms with Crippen molar-refractivity contribution in [3.63, 3.8) is 0 Å². The van der Waals surface area contributed by atoms with E-state index < -0.39 is 11.8 Å². The van der Waals surface area contributed by atoms with Crippen molar-refractivity contribution in [2.75, 3.05) is 9.80 Å². The first-order valence-corrected chi connectivity index (χ1v) is 14.1. The van der Waals surface area contributed by atoms with Crippen LogP contribution in [0.1, 0.15) is 11.1 Å². The van der Waals surface area contributed by atoms with Crippen molar-refractivity contribution in [2.24, 2.45) is 0 Å². The summed E-state index contributed by atoms with van der Waals surface area (Å²) in [5.74, 6) is -0.899. The quantitative estimate of drug-likeness (QED) is 0.123. The summed E-state index contributed by atoms with van der Waals surface area (Å²) >= 11 is 5.75. The Morgan fingerprint density at radius 3 is 1.86 bits per heavy atom. The largest absolute Gasteiger partial charge is 0.342 e. The molecule has 42 heavy (non-hydrogen) atoms. The molecule has 0 bridgehead atoms. The molecule has 1 fully saturated rings. The minimum absolute atomic E-state index is 0.0462. The van der Waals surface area contributed by atoms with Crippen LogP contribution in [-0.2, 0) is 16.1 Å². The van der Waals surface area contributed by atoms with Gasteiger partial charge in [0, 0.05) is 29.2 Å². The number of rotatable bonds is 5. The van der Waals surface area contributed by atoms with Gasteiger partial charge in [-0.25, -0.2) is 0 Å². The van der Waals surface area contributed by atoms with E-state index >= 15 is 0 Å². The average Bonchev–Trinajstić information content (AvgIpc) is 3.37. The van der Waals surface area contributed by atoms with Gasteiger partial charge in [0.1, 0.15) is 5.57 Å². The second kappa shape index (κ2) is 10.6. The normalized spacial score (nSPS) is 13.8. The topological polar surface area (TPSA) is 45.6 Å². The van der Waals surface area contributed by atoms with Crippen molar-refractivity contribution in [1.29, 1.82) is 0 Å². The highest BCUT2D eigenvalue weighted by atomic mass is 32.1. The molecular formula is C36H25N3O2S. The summed E-state index contributed by atoms with van der Waals surface area (Å²) in [6, 6.07) is 41.2. The number of nitrogens with zero attached hydrogens (tertiary/aromatic N) is 3. The van der Waals surface area contributed by atoms with E-state index in [0.29, 0.717) is 17.9 Å². The SMILES string of the molecule is O=C1C(=Cc2cn(Cc3ccc4ccccc4c3)c3ccccc23)C(=O)N(c2ccccc2)C(=S)N1c1ccccc1. The lowest BCUT2D eigenvalue weighted by atomic mass is 10.0. The molecule has 6 aromatic rings. The molecular weight excluding hydrogens is 538 g/mol. The Bertz CT molecular complexity index is 1970. The molecule has 0 unspecified atom stereocenters. The molecule has 5 nitrogen and oxygen atoms in total. The molecule has 2 amide bonds. The highest BCUT2D eigenvalue weighted by Gasteiger charge is 2.41. The van der Waals surface area contributed by atoms with E-state index in [0.717, 1.165) is 22.0 Å². The van der Waals surface area contributed by atoms with Crippen LogP contribution in [0.4, 0.5) is 11.4 Å². The summed E-state index contributed by atoms with van der Waals surface area (Å²) < 4.78 is 2.16. The summed E-state index contributed by atoms with van der Waals surface area (Å²) in [5, 5.41) is 3.46. The van der Waals surface area contributed by atoms with Gasteiger partial charge in [-0.15, -0.1) is 0 Å². The third-order valence-electron chi connectivity index (χ3n) is 7.56. The maximum Gasteiger partial charge on any atom is 0.270 e. The lowest BCUT2D eigenvalue weighted by Crippen LogP contribution is -2.56. The van der Waals surface area contributed by atoms with Gasteiger partial charge < -0.3 is 4.57 Å². The molecule has 0 atom stereocenters. The molecule has 0 radical (unpaired) electrons. The van der Waals surface area contributed by atoms with Crippen LogP contribution in [-0.4, -0.2) is 21.5 Å². The average molecular weight is 564 g/mol. The first kappa shape index (κ1) is 25.6. The van der Waals surface area contributed by atoms with E-state index in [4.69, 9.17) is 12.2 Å². The smallest absolute Gasteiger partial charge is 0.270 e. The Morgan fingerprint density at radius 2 is 1.19 bits per heavy atom.